The van der Waals surface area contributed by atoms with Gasteiger partial charge in [-0.05, 0) is 43.2 Å². The summed E-state index contributed by atoms with van der Waals surface area (Å²) in [6.45, 7) is 2.13. The zero-order chi connectivity index (χ0) is 12.7. The van der Waals surface area contributed by atoms with Crippen LogP contribution in [0.15, 0.2) is 42.5 Å². The molecule has 0 radical (unpaired) electrons. The fourth-order valence-corrected chi connectivity index (χ4v) is 2.66. The number of fused-ring (bicyclic) bond motifs is 1. The van der Waals surface area contributed by atoms with E-state index in [0.29, 0.717) is 11.7 Å². The SMILES string of the molecule is CC1Cc2ccccc2N1c1cc(F)ccc1N. The van der Waals surface area contributed by atoms with E-state index < -0.39 is 0 Å². The summed E-state index contributed by atoms with van der Waals surface area (Å²) in [5, 5.41) is 0. The first-order chi connectivity index (χ1) is 8.66. The highest BCUT2D eigenvalue weighted by Crippen LogP contribution is 2.40. The summed E-state index contributed by atoms with van der Waals surface area (Å²) in [4.78, 5) is 2.12. The Morgan fingerprint density at radius 3 is 2.78 bits per heavy atom. The van der Waals surface area contributed by atoms with E-state index in [4.69, 9.17) is 5.73 Å². The Balaban J connectivity index is 2.14. The van der Waals surface area contributed by atoms with Crippen molar-refractivity contribution >= 4 is 17.1 Å². The summed E-state index contributed by atoms with van der Waals surface area (Å²) in [6, 6.07) is 13.0. The highest BCUT2D eigenvalue weighted by atomic mass is 19.1. The maximum Gasteiger partial charge on any atom is 0.125 e. The number of halogens is 1. The van der Waals surface area contributed by atoms with Gasteiger partial charge in [0.15, 0.2) is 0 Å². The van der Waals surface area contributed by atoms with E-state index in [1.807, 2.05) is 12.1 Å². The second-order valence-corrected chi connectivity index (χ2v) is 4.75. The van der Waals surface area contributed by atoms with Crippen molar-refractivity contribution in [1.82, 2.24) is 0 Å². The van der Waals surface area contributed by atoms with Crippen LogP contribution in [0.2, 0.25) is 0 Å². The standard InChI is InChI=1S/C15H15FN2/c1-10-8-11-4-2-3-5-14(11)18(10)15-9-12(16)6-7-13(15)17/h2-7,9-10H,8,17H2,1H3. The Hall–Kier alpha value is -2.03. The van der Waals surface area contributed by atoms with Crippen molar-refractivity contribution in [3.63, 3.8) is 0 Å². The lowest BCUT2D eigenvalue weighted by atomic mass is 10.1. The molecule has 3 heteroatoms. The van der Waals surface area contributed by atoms with Gasteiger partial charge < -0.3 is 10.6 Å². The number of benzene rings is 2. The molecule has 1 aliphatic rings. The van der Waals surface area contributed by atoms with Gasteiger partial charge in [-0.1, -0.05) is 18.2 Å². The molecule has 2 N–H and O–H groups in total. The molecule has 2 aromatic rings. The van der Waals surface area contributed by atoms with Gasteiger partial charge in [-0.2, -0.15) is 0 Å². The first kappa shape index (κ1) is 11.1. The predicted molar refractivity (Wildman–Crippen MR) is 72.6 cm³/mol. The Morgan fingerprint density at radius 1 is 1.17 bits per heavy atom. The summed E-state index contributed by atoms with van der Waals surface area (Å²) in [5.74, 6) is -0.254. The second-order valence-electron chi connectivity index (χ2n) is 4.75. The first-order valence-corrected chi connectivity index (χ1v) is 6.09. The molecule has 0 spiro atoms. The van der Waals surface area contributed by atoms with Gasteiger partial charge in [0.2, 0.25) is 0 Å². The van der Waals surface area contributed by atoms with Gasteiger partial charge in [0.1, 0.15) is 5.82 Å². The lowest BCUT2D eigenvalue weighted by molar-refractivity contribution is 0.627. The maximum absolute atomic E-state index is 13.4. The van der Waals surface area contributed by atoms with E-state index in [1.165, 1.54) is 17.7 Å². The van der Waals surface area contributed by atoms with Gasteiger partial charge in [0.25, 0.3) is 0 Å². The van der Waals surface area contributed by atoms with E-state index in [-0.39, 0.29) is 5.82 Å². The molecule has 1 aliphatic heterocycles. The number of nitrogen functional groups attached to an aromatic ring is 1. The van der Waals surface area contributed by atoms with Crippen molar-refractivity contribution in [3.8, 4) is 0 Å². The van der Waals surface area contributed by atoms with Crippen LogP contribution in [0.25, 0.3) is 0 Å². The number of rotatable bonds is 1. The minimum atomic E-state index is -0.254. The fourth-order valence-electron chi connectivity index (χ4n) is 2.66. The Morgan fingerprint density at radius 2 is 1.94 bits per heavy atom. The minimum absolute atomic E-state index is 0.254. The van der Waals surface area contributed by atoms with Crippen molar-refractivity contribution in [2.75, 3.05) is 10.6 Å². The van der Waals surface area contributed by atoms with Crippen molar-refractivity contribution in [2.45, 2.75) is 19.4 Å². The highest BCUT2D eigenvalue weighted by Gasteiger charge is 2.28. The Bertz CT molecular complexity index is 595. The van der Waals surface area contributed by atoms with Crippen LogP contribution in [0.4, 0.5) is 21.5 Å². The molecule has 1 unspecified atom stereocenters. The average molecular weight is 242 g/mol. The van der Waals surface area contributed by atoms with E-state index >= 15 is 0 Å². The fraction of sp³-hybridized carbons (Fsp3) is 0.200. The third-order valence-corrected chi connectivity index (χ3v) is 3.46. The van der Waals surface area contributed by atoms with E-state index in [2.05, 4.69) is 24.0 Å². The van der Waals surface area contributed by atoms with Crippen LogP contribution < -0.4 is 10.6 Å². The van der Waals surface area contributed by atoms with Crippen molar-refractivity contribution in [1.29, 1.82) is 0 Å². The van der Waals surface area contributed by atoms with E-state index in [0.717, 1.165) is 17.8 Å². The number of anilines is 3. The predicted octanol–water partition coefficient (Wildman–Crippen LogP) is 3.49. The largest absolute Gasteiger partial charge is 0.397 e. The van der Waals surface area contributed by atoms with Crippen LogP contribution in [0.5, 0.6) is 0 Å². The summed E-state index contributed by atoms with van der Waals surface area (Å²) >= 11 is 0. The van der Waals surface area contributed by atoms with Gasteiger partial charge in [0, 0.05) is 11.7 Å². The number of hydrogen-bond acceptors (Lipinski definition) is 2. The first-order valence-electron chi connectivity index (χ1n) is 6.09. The molecule has 3 rings (SSSR count). The van der Waals surface area contributed by atoms with Gasteiger partial charge in [-0.3, -0.25) is 0 Å². The summed E-state index contributed by atoms with van der Waals surface area (Å²) in [6.07, 6.45) is 0.964. The monoisotopic (exact) mass is 242 g/mol. The van der Waals surface area contributed by atoms with Crippen LogP contribution in [0, 0.1) is 5.82 Å². The molecule has 0 saturated heterocycles. The van der Waals surface area contributed by atoms with Gasteiger partial charge >= 0.3 is 0 Å². The molecule has 92 valence electrons. The number of nitrogens with two attached hydrogens (primary N) is 1. The maximum atomic E-state index is 13.4. The zero-order valence-corrected chi connectivity index (χ0v) is 10.2. The smallest absolute Gasteiger partial charge is 0.125 e. The minimum Gasteiger partial charge on any atom is -0.397 e. The molecule has 0 amide bonds. The molecule has 18 heavy (non-hydrogen) atoms. The summed E-state index contributed by atoms with van der Waals surface area (Å²) in [7, 11) is 0. The lowest BCUT2D eigenvalue weighted by Crippen LogP contribution is -2.24. The molecule has 0 fully saturated rings. The normalized spacial score (nSPS) is 17.9. The molecule has 2 nitrogen and oxygen atoms in total. The van der Waals surface area contributed by atoms with Gasteiger partial charge in [0.05, 0.1) is 11.4 Å². The lowest BCUT2D eigenvalue weighted by Gasteiger charge is -2.26. The van der Waals surface area contributed by atoms with E-state index in [1.54, 1.807) is 6.07 Å². The number of nitrogens with zero attached hydrogens (tertiary/aromatic N) is 1. The number of hydrogen-bond donors (Lipinski definition) is 1. The summed E-state index contributed by atoms with van der Waals surface area (Å²) < 4.78 is 13.4. The third-order valence-electron chi connectivity index (χ3n) is 3.46. The van der Waals surface area contributed by atoms with E-state index in [9.17, 15) is 4.39 Å². The van der Waals surface area contributed by atoms with Crippen molar-refractivity contribution in [2.24, 2.45) is 0 Å². The van der Waals surface area contributed by atoms with Crippen molar-refractivity contribution < 1.29 is 4.39 Å². The van der Waals surface area contributed by atoms with Gasteiger partial charge in [-0.25, -0.2) is 4.39 Å². The Kier molecular flexibility index (Phi) is 2.47. The van der Waals surface area contributed by atoms with Gasteiger partial charge in [-0.15, -0.1) is 0 Å². The second kappa shape index (κ2) is 4.02. The number of para-hydroxylation sites is 1. The molecule has 0 saturated carbocycles. The topological polar surface area (TPSA) is 29.3 Å². The molecular formula is C15H15FN2. The molecule has 2 aromatic carbocycles. The third kappa shape index (κ3) is 1.63. The van der Waals surface area contributed by atoms with Crippen LogP contribution in [-0.4, -0.2) is 6.04 Å². The molecule has 0 bridgehead atoms. The molecule has 0 aromatic heterocycles. The van der Waals surface area contributed by atoms with Crippen molar-refractivity contribution in [3.05, 3.63) is 53.8 Å². The average Bonchev–Trinajstić information content (AvgIpc) is 2.68. The zero-order valence-electron chi connectivity index (χ0n) is 10.2. The molecular weight excluding hydrogens is 227 g/mol. The molecule has 1 atom stereocenters. The Labute approximate surface area is 106 Å². The highest BCUT2D eigenvalue weighted by molar-refractivity contribution is 5.79. The summed E-state index contributed by atoms with van der Waals surface area (Å²) in [5.41, 5.74) is 9.76. The van der Waals surface area contributed by atoms with Crippen LogP contribution in [0.3, 0.4) is 0 Å². The molecule has 0 aliphatic carbocycles. The molecule has 1 heterocycles. The van der Waals surface area contributed by atoms with Crippen LogP contribution >= 0.6 is 0 Å². The van der Waals surface area contributed by atoms with Crippen LogP contribution in [-0.2, 0) is 6.42 Å². The quantitative estimate of drug-likeness (QED) is 0.776. The van der Waals surface area contributed by atoms with Crippen LogP contribution in [0.1, 0.15) is 12.5 Å².